The molecule has 1 heterocycles. The highest BCUT2D eigenvalue weighted by molar-refractivity contribution is 6.05. The second-order valence-corrected chi connectivity index (χ2v) is 4.07. The number of anilines is 1. The quantitative estimate of drug-likeness (QED) is 0.879. The molecule has 18 heavy (non-hydrogen) atoms. The summed E-state index contributed by atoms with van der Waals surface area (Å²) in [6.07, 6.45) is 1.55. The van der Waals surface area contributed by atoms with Gasteiger partial charge in [-0.15, -0.1) is 0 Å². The summed E-state index contributed by atoms with van der Waals surface area (Å²) >= 11 is 0. The highest BCUT2D eigenvalue weighted by Gasteiger charge is 2.13. The first-order valence-electron chi connectivity index (χ1n) is 5.57. The lowest BCUT2D eigenvalue weighted by molar-refractivity contribution is 0.0992. The standard InChI is InChI=1S/C14H14N2O2/c1-10-6-7-11(9-15-10)14(18)16(2)12-4-3-5-13(17)8-12/h3-9,17H,1-2H3. The molecular formula is C14H14N2O2. The molecule has 0 unspecified atom stereocenters. The smallest absolute Gasteiger partial charge is 0.259 e. The Morgan fingerprint density at radius 2 is 2.06 bits per heavy atom. The van der Waals surface area contributed by atoms with Gasteiger partial charge in [-0.1, -0.05) is 6.07 Å². The van der Waals surface area contributed by atoms with Gasteiger partial charge in [0.15, 0.2) is 0 Å². The molecule has 2 aromatic rings. The number of nitrogens with zero attached hydrogens (tertiary/aromatic N) is 2. The van der Waals surface area contributed by atoms with Crippen LogP contribution in [0.15, 0.2) is 42.6 Å². The topological polar surface area (TPSA) is 53.4 Å². The fourth-order valence-electron chi connectivity index (χ4n) is 1.61. The van der Waals surface area contributed by atoms with Gasteiger partial charge in [0.1, 0.15) is 5.75 Å². The molecule has 4 heteroatoms. The molecule has 1 amide bonds. The molecule has 92 valence electrons. The van der Waals surface area contributed by atoms with Gasteiger partial charge in [0.2, 0.25) is 0 Å². The van der Waals surface area contributed by atoms with Gasteiger partial charge in [0.25, 0.3) is 5.91 Å². The largest absolute Gasteiger partial charge is 0.508 e. The second kappa shape index (κ2) is 4.87. The summed E-state index contributed by atoms with van der Waals surface area (Å²) in [6, 6.07) is 10.1. The molecule has 0 bridgehead atoms. The van der Waals surface area contributed by atoms with E-state index in [2.05, 4.69) is 4.98 Å². The van der Waals surface area contributed by atoms with E-state index in [1.54, 1.807) is 49.6 Å². The van der Waals surface area contributed by atoms with Crippen LogP contribution in [-0.4, -0.2) is 23.0 Å². The number of phenols is 1. The van der Waals surface area contributed by atoms with Crippen molar-refractivity contribution in [3.8, 4) is 5.75 Å². The second-order valence-electron chi connectivity index (χ2n) is 4.07. The van der Waals surface area contributed by atoms with Crippen LogP contribution in [0.2, 0.25) is 0 Å². The first kappa shape index (κ1) is 12.1. The monoisotopic (exact) mass is 242 g/mol. The van der Waals surface area contributed by atoms with Crippen LogP contribution in [0.5, 0.6) is 5.75 Å². The molecule has 0 atom stereocenters. The maximum absolute atomic E-state index is 12.2. The minimum absolute atomic E-state index is 0.134. The van der Waals surface area contributed by atoms with Crippen molar-refractivity contribution in [2.45, 2.75) is 6.92 Å². The molecule has 4 nitrogen and oxygen atoms in total. The average molecular weight is 242 g/mol. The molecule has 2 rings (SSSR count). The first-order valence-corrected chi connectivity index (χ1v) is 5.57. The van der Waals surface area contributed by atoms with Crippen LogP contribution in [0.4, 0.5) is 5.69 Å². The SMILES string of the molecule is Cc1ccc(C(=O)N(C)c2cccc(O)c2)cn1. The number of rotatable bonds is 2. The van der Waals surface area contributed by atoms with E-state index in [9.17, 15) is 9.90 Å². The third-order valence-electron chi connectivity index (χ3n) is 2.68. The maximum Gasteiger partial charge on any atom is 0.259 e. The summed E-state index contributed by atoms with van der Waals surface area (Å²) in [5.41, 5.74) is 2.03. The van der Waals surface area contributed by atoms with E-state index in [0.717, 1.165) is 5.69 Å². The van der Waals surface area contributed by atoms with Crippen LogP contribution in [-0.2, 0) is 0 Å². The van der Waals surface area contributed by atoms with Crippen LogP contribution in [0.1, 0.15) is 16.1 Å². The van der Waals surface area contributed by atoms with Gasteiger partial charge >= 0.3 is 0 Å². The maximum atomic E-state index is 12.2. The Balaban J connectivity index is 2.26. The third-order valence-corrected chi connectivity index (χ3v) is 2.68. The molecule has 0 fully saturated rings. The van der Waals surface area contributed by atoms with Crippen LogP contribution >= 0.6 is 0 Å². The Kier molecular flexibility index (Phi) is 3.28. The van der Waals surface area contributed by atoms with Crippen molar-refractivity contribution >= 4 is 11.6 Å². The van der Waals surface area contributed by atoms with E-state index in [1.807, 2.05) is 6.92 Å². The fraction of sp³-hybridized carbons (Fsp3) is 0.143. The van der Waals surface area contributed by atoms with Crippen molar-refractivity contribution in [3.63, 3.8) is 0 Å². The van der Waals surface area contributed by atoms with Crippen LogP contribution in [0, 0.1) is 6.92 Å². The average Bonchev–Trinajstić information content (AvgIpc) is 2.38. The van der Waals surface area contributed by atoms with Crippen molar-refractivity contribution < 1.29 is 9.90 Å². The molecule has 1 aromatic heterocycles. The summed E-state index contributed by atoms with van der Waals surface area (Å²) < 4.78 is 0. The lowest BCUT2D eigenvalue weighted by Gasteiger charge is -2.17. The number of aromatic nitrogens is 1. The summed E-state index contributed by atoms with van der Waals surface area (Å²) in [7, 11) is 1.66. The Morgan fingerprint density at radius 1 is 1.28 bits per heavy atom. The van der Waals surface area contributed by atoms with Crippen molar-refractivity contribution in [1.82, 2.24) is 4.98 Å². The number of benzene rings is 1. The first-order chi connectivity index (χ1) is 8.58. The van der Waals surface area contributed by atoms with E-state index < -0.39 is 0 Å². The number of carbonyl (C=O) groups is 1. The van der Waals surface area contributed by atoms with E-state index in [4.69, 9.17) is 0 Å². The molecule has 0 aliphatic carbocycles. The Labute approximate surface area is 106 Å². The van der Waals surface area contributed by atoms with Crippen LogP contribution < -0.4 is 4.90 Å². The molecular weight excluding hydrogens is 228 g/mol. The Bertz CT molecular complexity index is 564. The van der Waals surface area contributed by atoms with E-state index >= 15 is 0 Å². The number of hydrogen-bond acceptors (Lipinski definition) is 3. The predicted octanol–water partition coefficient (Wildman–Crippen LogP) is 2.37. The molecule has 0 aliphatic heterocycles. The van der Waals surface area contributed by atoms with Crippen LogP contribution in [0.25, 0.3) is 0 Å². The van der Waals surface area contributed by atoms with Crippen molar-refractivity contribution in [2.75, 3.05) is 11.9 Å². The summed E-state index contributed by atoms with van der Waals surface area (Å²) in [5.74, 6) is -0.0257. The highest BCUT2D eigenvalue weighted by atomic mass is 16.3. The van der Waals surface area contributed by atoms with Gasteiger partial charge in [-0.2, -0.15) is 0 Å². The number of phenolic OH excluding ortho intramolecular Hbond substituents is 1. The van der Waals surface area contributed by atoms with Gasteiger partial charge in [-0.3, -0.25) is 9.78 Å². The zero-order valence-corrected chi connectivity index (χ0v) is 10.3. The molecule has 0 saturated heterocycles. The van der Waals surface area contributed by atoms with Gasteiger partial charge in [-0.25, -0.2) is 0 Å². The number of pyridine rings is 1. The summed E-state index contributed by atoms with van der Waals surface area (Å²) in [6.45, 7) is 1.87. The van der Waals surface area contributed by atoms with Gasteiger partial charge in [0.05, 0.1) is 5.56 Å². The normalized spacial score (nSPS) is 10.1. The highest BCUT2D eigenvalue weighted by Crippen LogP contribution is 2.20. The van der Waals surface area contributed by atoms with Crippen LogP contribution in [0.3, 0.4) is 0 Å². The Morgan fingerprint density at radius 3 is 2.67 bits per heavy atom. The lowest BCUT2D eigenvalue weighted by Crippen LogP contribution is -2.26. The summed E-state index contributed by atoms with van der Waals surface area (Å²) in [5, 5.41) is 9.40. The molecule has 1 aromatic carbocycles. The van der Waals surface area contributed by atoms with Gasteiger partial charge in [0, 0.05) is 30.7 Å². The van der Waals surface area contributed by atoms with Crippen molar-refractivity contribution in [1.29, 1.82) is 0 Å². The molecule has 0 aliphatic rings. The predicted molar refractivity (Wildman–Crippen MR) is 69.8 cm³/mol. The van der Waals surface area contributed by atoms with Crippen molar-refractivity contribution in [3.05, 3.63) is 53.9 Å². The fourth-order valence-corrected chi connectivity index (χ4v) is 1.61. The minimum atomic E-state index is -0.159. The Hall–Kier alpha value is -2.36. The zero-order chi connectivity index (χ0) is 13.1. The van der Waals surface area contributed by atoms with E-state index in [1.165, 1.54) is 4.90 Å². The van der Waals surface area contributed by atoms with E-state index in [0.29, 0.717) is 11.3 Å². The van der Waals surface area contributed by atoms with E-state index in [-0.39, 0.29) is 11.7 Å². The summed E-state index contributed by atoms with van der Waals surface area (Å²) in [4.78, 5) is 17.7. The number of aromatic hydroxyl groups is 1. The van der Waals surface area contributed by atoms with Gasteiger partial charge < -0.3 is 10.0 Å². The number of aryl methyl sites for hydroxylation is 1. The van der Waals surface area contributed by atoms with Gasteiger partial charge in [-0.05, 0) is 31.2 Å². The molecule has 0 saturated carbocycles. The number of amides is 1. The molecule has 0 radical (unpaired) electrons. The van der Waals surface area contributed by atoms with Crippen molar-refractivity contribution in [2.24, 2.45) is 0 Å². The number of carbonyl (C=O) groups excluding carboxylic acids is 1. The third kappa shape index (κ3) is 2.48. The zero-order valence-electron chi connectivity index (χ0n) is 10.3. The molecule has 1 N–H and O–H groups in total. The minimum Gasteiger partial charge on any atom is -0.508 e. The lowest BCUT2D eigenvalue weighted by atomic mass is 10.2. The number of hydrogen-bond donors (Lipinski definition) is 1. The molecule has 0 spiro atoms.